The molecule has 0 radical (unpaired) electrons. The number of ether oxygens (including phenoxy) is 1. The Labute approximate surface area is 143 Å². The predicted octanol–water partition coefficient (Wildman–Crippen LogP) is 1.36. The van der Waals surface area contributed by atoms with Crippen molar-refractivity contribution >= 4 is 17.5 Å². The minimum atomic E-state index is -0.292. The number of aromatic nitrogens is 3. The van der Waals surface area contributed by atoms with E-state index in [2.05, 4.69) is 10.1 Å². The van der Waals surface area contributed by atoms with Gasteiger partial charge in [0.25, 0.3) is 5.56 Å². The van der Waals surface area contributed by atoms with Gasteiger partial charge in [-0.25, -0.2) is 4.68 Å². The summed E-state index contributed by atoms with van der Waals surface area (Å²) in [5, 5.41) is 4.36. The molecule has 0 N–H and O–H groups in total. The number of hydrogen-bond acceptors (Lipinski definition) is 5. The predicted molar refractivity (Wildman–Crippen MR) is 88.0 cm³/mol. The molecular weight excluding hydrogens is 332 g/mol. The lowest BCUT2D eigenvalue weighted by atomic mass is 10.1. The smallest absolute Gasteiger partial charge is 0.267 e. The minimum absolute atomic E-state index is 0.0671. The highest BCUT2D eigenvalue weighted by Gasteiger charge is 2.25. The molecule has 1 aliphatic rings. The van der Waals surface area contributed by atoms with Crippen molar-refractivity contribution in [2.24, 2.45) is 0 Å². The fourth-order valence-corrected chi connectivity index (χ4v) is 2.80. The van der Waals surface area contributed by atoms with Crippen LogP contribution in [0, 0.1) is 0 Å². The van der Waals surface area contributed by atoms with Gasteiger partial charge in [0.2, 0.25) is 5.91 Å². The van der Waals surface area contributed by atoms with Crippen molar-refractivity contribution < 1.29 is 9.53 Å². The number of halogens is 1. The molecule has 1 aliphatic heterocycles. The fraction of sp³-hybridized carbons (Fsp3) is 0.375. The van der Waals surface area contributed by atoms with Crippen molar-refractivity contribution in [3.8, 4) is 5.75 Å². The Bertz CT molecular complexity index is 780. The van der Waals surface area contributed by atoms with E-state index in [1.165, 1.54) is 18.5 Å². The molecule has 0 spiro atoms. The third-order valence-corrected chi connectivity index (χ3v) is 4.11. The van der Waals surface area contributed by atoms with Crippen LogP contribution in [0.5, 0.6) is 5.75 Å². The maximum Gasteiger partial charge on any atom is 0.267 e. The van der Waals surface area contributed by atoms with Crippen molar-refractivity contribution in [2.75, 3.05) is 13.1 Å². The maximum atomic E-state index is 12.4. The highest BCUT2D eigenvalue weighted by molar-refractivity contribution is 6.31. The summed E-state index contributed by atoms with van der Waals surface area (Å²) >= 11 is 6.05. The van der Waals surface area contributed by atoms with E-state index in [1.54, 1.807) is 23.2 Å². The van der Waals surface area contributed by atoms with Gasteiger partial charge in [0.05, 0.1) is 6.54 Å². The Morgan fingerprint density at radius 1 is 1.38 bits per heavy atom. The summed E-state index contributed by atoms with van der Waals surface area (Å²) in [5.41, 5.74) is -0.292. The lowest BCUT2D eigenvalue weighted by Gasteiger charge is -2.33. The number of rotatable bonds is 4. The Morgan fingerprint density at radius 3 is 3.04 bits per heavy atom. The third kappa shape index (κ3) is 3.91. The van der Waals surface area contributed by atoms with Gasteiger partial charge >= 0.3 is 0 Å². The molecule has 0 aromatic carbocycles. The lowest BCUT2D eigenvalue weighted by Crippen LogP contribution is -2.46. The largest absolute Gasteiger partial charge is 0.487 e. The van der Waals surface area contributed by atoms with Crippen LogP contribution in [-0.4, -0.2) is 44.8 Å². The molecule has 1 amide bonds. The van der Waals surface area contributed by atoms with Crippen LogP contribution in [0.4, 0.5) is 0 Å². The first-order valence-corrected chi connectivity index (χ1v) is 8.07. The first-order valence-electron chi connectivity index (χ1n) is 7.69. The monoisotopic (exact) mass is 348 g/mol. The average Bonchev–Trinajstić information content (AvgIpc) is 2.59. The molecule has 2 aromatic rings. The van der Waals surface area contributed by atoms with Crippen LogP contribution >= 0.6 is 11.6 Å². The molecule has 3 heterocycles. The first kappa shape index (κ1) is 16.4. The standard InChI is InChI=1S/C16H17ClN4O3/c17-13-9-18-7-5-14(13)24-12-3-2-8-20(10-12)16(23)11-21-15(22)4-1-6-19-21/h1,4-7,9,12H,2-3,8,10-11H2. The molecule has 2 aromatic heterocycles. The van der Waals surface area contributed by atoms with Gasteiger partial charge in [-0.05, 0) is 18.9 Å². The summed E-state index contributed by atoms with van der Waals surface area (Å²) in [6, 6.07) is 4.64. The molecule has 7 nitrogen and oxygen atoms in total. The zero-order chi connectivity index (χ0) is 16.9. The van der Waals surface area contributed by atoms with E-state index < -0.39 is 0 Å². The second kappa shape index (κ2) is 7.44. The van der Waals surface area contributed by atoms with Crippen LogP contribution in [0.15, 0.2) is 41.6 Å². The Balaban J connectivity index is 1.63. The highest BCUT2D eigenvalue weighted by Crippen LogP contribution is 2.25. The van der Waals surface area contributed by atoms with E-state index in [-0.39, 0.29) is 24.1 Å². The lowest BCUT2D eigenvalue weighted by molar-refractivity contribution is -0.134. The van der Waals surface area contributed by atoms with Gasteiger partial charge in [0, 0.05) is 37.3 Å². The molecule has 3 rings (SSSR count). The second-order valence-corrected chi connectivity index (χ2v) is 5.95. The van der Waals surface area contributed by atoms with Crippen LogP contribution < -0.4 is 10.3 Å². The van der Waals surface area contributed by atoms with Gasteiger partial charge in [0.1, 0.15) is 23.4 Å². The molecule has 0 aliphatic carbocycles. The summed E-state index contributed by atoms with van der Waals surface area (Å²) in [5.74, 6) is 0.414. The first-order chi connectivity index (χ1) is 11.6. The number of carbonyl (C=O) groups excluding carboxylic acids is 1. The summed E-state index contributed by atoms with van der Waals surface area (Å²) in [7, 11) is 0. The van der Waals surface area contributed by atoms with Gasteiger partial charge in [-0.1, -0.05) is 11.6 Å². The van der Waals surface area contributed by atoms with Crippen molar-refractivity contribution in [1.29, 1.82) is 0 Å². The van der Waals surface area contributed by atoms with Crippen molar-refractivity contribution in [2.45, 2.75) is 25.5 Å². The second-order valence-electron chi connectivity index (χ2n) is 5.55. The van der Waals surface area contributed by atoms with Crippen LogP contribution in [-0.2, 0) is 11.3 Å². The van der Waals surface area contributed by atoms with Crippen LogP contribution in [0.3, 0.4) is 0 Å². The van der Waals surface area contributed by atoms with Gasteiger partial charge in [-0.2, -0.15) is 5.10 Å². The number of carbonyl (C=O) groups is 1. The number of hydrogen-bond donors (Lipinski definition) is 0. The van der Waals surface area contributed by atoms with Gasteiger partial charge in [-0.15, -0.1) is 0 Å². The van der Waals surface area contributed by atoms with E-state index in [1.807, 2.05) is 0 Å². The Hall–Kier alpha value is -2.41. The van der Waals surface area contributed by atoms with Gasteiger partial charge < -0.3 is 9.64 Å². The zero-order valence-corrected chi connectivity index (χ0v) is 13.7. The molecule has 1 atom stereocenters. The summed E-state index contributed by atoms with van der Waals surface area (Å²) < 4.78 is 7.05. The maximum absolute atomic E-state index is 12.4. The number of nitrogens with zero attached hydrogens (tertiary/aromatic N) is 4. The summed E-state index contributed by atoms with van der Waals surface area (Å²) in [4.78, 5) is 29.7. The van der Waals surface area contributed by atoms with Crippen LogP contribution in [0.2, 0.25) is 5.02 Å². The van der Waals surface area contributed by atoms with Crippen molar-refractivity contribution in [3.63, 3.8) is 0 Å². The van der Waals surface area contributed by atoms with E-state index in [0.29, 0.717) is 23.9 Å². The SMILES string of the molecule is O=C(Cn1ncccc1=O)N1CCCC(Oc2ccncc2Cl)C1. The summed E-state index contributed by atoms with van der Waals surface area (Å²) in [6.45, 7) is 1.03. The topological polar surface area (TPSA) is 77.3 Å². The van der Waals surface area contributed by atoms with E-state index >= 15 is 0 Å². The van der Waals surface area contributed by atoms with E-state index in [9.17, 15) is 9.59 Å². The summed E-state index contributed by atoms with van der Waals surface area (Å²) in [6.07, 6.45) is 6.16. The van der Waals surface area contributed by atoms with E-state index in [4.69, 9.17) is 16.3 Å². The molecule has 126 valence electrons. The highest BCUT2D eigenvalue weighted by atomic mass is 35.5. The molecule has 1 unspecified atom stereocenters. The molecule has 24 heavy (non-hydrogen) atoms. The number of piperidine rings is 1. The van der Waals surface area contributed by atoms with E-state index in [0.717, 1.165) is 17.5 Å². The zero-order valence-electron chi connectivity index (χ0n) is 13.0. The van der Waals surface area contributed by atoms with Crippen molar-refractivity contribution in [3.05, 3.63) is 52.2 Å². The Kier molecular flexibility index (Phi) is 5.10. The Morgan fingerprint density at radius 2 is 2.25 bits per heavy atom. The molecule has 8 heteroatoms. The number of amides is 1. The van der Waals surface area contributed by atoms with Crippen LogP contribution in [0.1, 0.15) is 12.8 Å². The normalized spacial score (nSPS) is 17.5. The molecule has 1 fully saturated rings. The molecule has 1 saturated heterocycles. The third-order valence-electron chi connectivity index (χ3n) is 3.83. The molecule has 0 bridgehead atoms. The molecule has 0 saturated carbocycles. The fourth-order valence-electron chi connectivity index (χ4n) is 2.63. The molecular formula is C16H17ClN4O3. The number of likely N-dealkylation sites (tertiary alicyclic amines) is 1. The van der Waals surface area contributed by atoms with Gasteiger partial charge in [-0.3, -0.25) is 14.6 Å². The minimum Gasteiger partial charge on any atom is -0.487 e. The van der Waals surface area contributed by atoms with Crippen LogP contribution in [0.25, 0.3) is 0 Å². The quantitative estimate of drug-likeness (QED) is 0.833. The average molecular weight is 349 g/mol. The van der Waals surface area contributed by atoms with Gasteiger partial charge in [0.15, 0.2) is 0 Å². The van der Waals surface area contributed by atoms with Crippen molar-refractivity contribution in [1.82, 2.24) is 19.7 Å². The number of pyridine rings is 1.